The summed E-state index contributed by atoms with van der Waals surface area (Å²) in [5, 5.41) is 0. The molecule has 1 heterocycles. The van der Waals surface area contributed by atoms with Crippen LogP contribution in [0.5, 0.6) is 0 Å². The van der Waals surface area contributed by atoms with Crippen molar-refractivity contribution in [2.45, 2.75) is 32.7 Å². The quantitative estimate of drug-likeness (QED) is 0.584. The molecule has 1 aromatic heterocycles. The van der Waals surface area contributed by atoms with Gasteiger partial charge in [-0.15, -0.1) is 0 Å². The lowest BCUT2D eigenvalue weighted by atomic mass is 10.2. The first-order chi connectivity index (χ1) is 5.34. The van der Waals surface area contributed by atoms with Crippen LogP contribution in [0.25, 0.3) is 0 Å². The average molecular weight is 139 g/mol. The number of hydrogen-bond donors (Lipinski definition) is 0. The summed E-state index contributed by atoms with van der Waals surface area (Å²) in [6.45, 7) is 3.11. The standard InChI is InChI=1S/C8H14N2/c1-2-3-4-6-10-7-5-9-8-10/h5,7-8H,2-4,6H2,1H3/i8D. The zero-order valence-corrected chi connectivity index (χ0v) is 6.38. The molecule has 0 unspecified atom stereocenters. The van der Waals surface area contributed by atoms with E-state index >= 15 is 0 Å². The summed E-state index contributed by atoms with van der Waals surface area (Å²) in [5.74, 6) is 0. The van der Waals surface area contributed by atoms with Gasteiger partial charge in [0.2, 0.25) is 0 Å². The molecule has 0 bridgehead atoms. The van der Waals surface area contributed by atoms with Crippen LogP contribution in [0.15, 0.2) is 18.7 Å². The molecule has 10 heavy (non-hydrogen) atoms. The molecule has 1 aromatic rings. The lowest BCUT2D eigenvalue weighted by Gasteiger charge is -1.98. The minimum atomic E-state index is 0.376. The number of imidazole rings is 1. The van der Waals surface area contributed by atoms with Gasteiger partial charge in [-0.05, 0) is 6.42 Å². The minimum Gasteiger partial charge on any atom is -0.337 e. The second kappa shape index (κ2) is 4.09. The highest BCUT2D eigenvalue weighted by Gasteiger charge is 1.87. The molecule has 0 spiro atoms. The van der Waals surface area contributed by atoms with Crippen molar-refractivity contribution in [1.29, 1.82) is 0 Å². The first-order valence-electron chi connectivity index (χ1n) is 4.32. The zero-order chi connectivity index (χ0) is 8.10. The molecule has 0 aliphatic heterocycles. The summed E-state index contributed by atoms with van der Waals surface area (Å²) in [4.78, 5) is 3.82. The molecule has 0 aliphatic carbocycles. The normalized spacial score (nSPS) is 11.5. The Morgan fingerprint density at radius 3 is 3.10 bits per heavy atom. The summed E-state index contributed by atoms with van der Waals surface area (Å²) in [6, 6.07) is 0. The van der Waals surface area contributed by atoms with Crippen molar-refractivity contribution in [3.05, 3.63) is 18.7 Å². The van der Waals surface area contributed by atoms with E-state index in [0.29, 0.717) is 6.30 Å². The summed E-state index contributed by atoms with van der Waals surface area (Å²) < 4.78 is 9.21. The summed E-state index contributed by atoms with van der Waals surface area (Å²) in [6.07, 6.45) is 7.52. The molecule has 0 N–H and O–H groups in total. The van der Waals surface area contributed by atoms with Crippen molar-refractivity contribution >= 4 is 0 Å². The van der Waals surface area contributed by atoms with Crippen molar-refractivity contribution in [3.63, 3.8) is 0 Å². The molecule has 0 atom stereocenters. The molecular weight excluding hydrogens is 124 g/mol. The van der Waals surface area contributed by atoms with Gasteiger partial charge in [0.15, 0.2) is 0 Å². The van der Waals surface area contributed by atoms with Gasteiger partial charge in [0, 0.05) is 18.9 Å². The predicted molar refractivity (Wildman–Crippen MR) is 41.8 cm³/mol. The highest BCUT2D eigenvalue weighted by atomic mass is 15.0. The van der Waals surface area contributed by atoms with E-state index in [1.165, 1.54) is 12.8 Å². The molecule has 56 valence electrons. The number of nitrogens with zero attached hydrogens (tertiary/aromatic N) is 2. The van der Waals surface area contributed by atoms with E-state index in [4.69, 9.17) is 1.37 Å². The Balaban J connectivity index is 2.32. The Morgan fingerprint density at radius 1 is 1.60 bits per heavy atom. The Labute approximate surface area is 63.3 Å². The second-order valence-electron chi connectivity index (χ2n) is 2.43. The van der Waals surface area contributed by atoms with E-state index in [2.05, 4.69) is 11.9 Å². The summed E-state index contributed by atoms with van der Waals surface area (Å²) >= 11 is 0. The predicted octanol–water partition coefficient (Wildman–Crippen LogP) is 2.07. The van der Waals surface area contributed by atoms with Gasteiger partial charge in [0.1, 0.15) is 1.37 Å². The zero-order valence-electron chi connectivity index (χ0n) is 7.38. The smallest absolute Gasteiger partial charge is 0.104 e. The Kier molecular flexibility index (Phi) is 2.44. The van der Waals surface area contributed by atoms with Crippen LogP contribution in [0.4, 0.5) is 0 Å². The molecule has 0 amide bonds. The highest BCUT2D eigenvalue weighted by molar-refractivity contribution is 4.73. The number of aromatic nitrogens is 2. The van der Waals surface area contributed by atoms with Gasteiger partial charge in [-0.25, -0.2) is 4.98 Å². The Hall–Kier alpha value is -0.790. The Bertz CT molecular complexity index is 208. The van der Waals surface area contributed by atoms with E-state index in [1.807, 2.05) is 10.8 Å². The molecule has 0 aliphatic rings. The van der Waals surface area contributed by atoms with Crippen LogP contribution in [0.3, 0.4) is 0 Å². The summed E-state index contributed by atoms with van der Waals surface area (Å²) in [5.41, 5.74) is 0. The third-order valence-corrected chi connectivity index (χ3v) is 1.51. The maximum atomic E-state index is 7.34. The van der Waals surface area contributed by atoms with Crippen molar-refractivity contribution in [3.8, 4) is 0 Å². The van der Waals surface area contributed by atoms with Crippen molar-refractivity contribution in [2.75, 3.05) is 0 Å². The molecule has 0 saturated heterocycles. The van der Waals surface area contributed by atoms with Crippen molar-refractivity contribution in [2.24, 2.45) is 0 Å². The van der Waals surface area contributed by atoms with Gasteiger partial charge in [-0.1, -0.05) is 19.8 Å². The SMILES string of the molecule is [2H]c1nccn1CCCCC. The lowest BCUT2D eigenvalue weighted by Crippen LogP contribution is -1.92. The van der Waals surface area contributed by atoms with Gasteiger partial charge in [0.05, 0.1) is 6.30 Å². The molecule has 2 nitrogen and oxygen atoms in total. The van der Waals surface area contributed by atoms with Crippen molar-refractivity contribution in [1.82, 2.24) is 9.55 Å². The second-order valence-corrected chi connectivity index (χ2v) is 2.43. The molecule has 0 radical (unpaired) electrons. The first-order valence-corrected chi connectivity index (χ1v) is 3.82. The molecule has 1 rings (SSSR count). The van der Waals surface area contributed by atoms with Crippen LogP contribution >= 0.6 is 0 Å². The number of rotatable bonds is 4. The molecular formula is C8H14N2. The molecule has 0 fully saturated rings. The average Bonchev–Trinajstić information content (AvgIpc) is 2.37. The van der Waals surface area contributed by atoms with Crippen LogP contribution in [-0.2, 0) is 6.54 Å². The van der Waals surface area contributed by atoms with Crippen LogP contribution in [0, 0.1) is 0 Å². The van der Waals surface area contributed by atoms with E-state index in [-0.39, 0.29) is 0 Å². The summed E-state index contributed by atoms with van der Waals surface area (Å²) in [7, 11) is 0. The fourth-order valence-corrected chi connectivity index (χ4v) is 0.911. The molecule has 0 saturated carbocycles. The van der Waals surface area contributed by atoms with Crippen LogP contribution in [-0.4, -0.2) is 9.55 Å². The van der Waals surface area contributed by atoms with Crippen molar-refractivity contribution < 1.29 is 1.37 Å². The fraction of sp³-hybridized carbons (Fsp3) is 0.625. The topological polar surface area (TPSA) is 17.8 Å². The first kappa shape index (κ1) is 5.96. The fourth-order valence-electron chi connectivity index (χ4n) is 0.911. The van der Waals surface area contributed by atoms with Crippen LogP contribution in [0.2, 0.25) is 0 Å². The third-order valence-electron chi connectivity index (χ3n) is 1.51. The van der Waals surface area contributed by atoms with Gasteiger partial charge in [0.25, 0.3) is 0 Å². The Morgan fingerprint density at radius 2 is 2.50 bits per heavy atom. The van der Waals surface area contributed by atoms with Crippen LogP contribution < -0.4 is 0 Å². The van der Waals surface area contributed by atoms with E-state index in [9.17, 15) is 0 Å². The maximum Gasteiger partial charge on any atom is 0.104 e. The van der Waals surface area contributed by atoms with Gasteiger partial charge in [-0.3, -0.25) is 0 Å². The number of hydrogen-bond acceptors (Lipinski definition) is 1. The number of unbranched alkanes of at least 4 members (excludes halogenated alkanes) is 2. The van der Waals surface area contributed by atoms with Gasteiger partial charge < -0.3 is 4.57 Å². The van der Waals surface area contributed by atoms with Gasteiger partial charge >= 0.3 is 0 Å². The minimum absolute atomic E-state index is 0.376. The third kappa shape index (κ3) is 2.21. The number of aryl methyl sites for hydroxylation is 1. The van der Waals surface area contributed by atoms with E-state index in [0.717, 1.165) is 13.0 Å². The largest absolute Gasteiger partial charge is 0.337 e. The van der Waals surface area contributed by atoms with Crippen LogP contribution in [0.1, 0.15) is 27.6 Å². The van der Waals surface area contributed by atoms with Gasteiger partial charge in [-0.2, -0.15) is 0 Å². The highest BCUT2D eigenvalue weighted by Crippen LogP contribution is 1.97. The molecule has 0 aromatic carbocycles. The van der Waals surface area contributed by atoms with E-state index < -0.39 is 0 Å². The monoisotopic (exact) mass is 139 g/mol. The maximum absolute atomic E-state index is 7.34. The molecule has 2 heteroatoms. The lowest BCUT2D eigenvalue weighted by molar-refractivity contribution is 0.602. The van der Waals surface area contributed by atoms with E-state index in [1.54, 1.807) is 6.20 Å².